The summed E-state index contributed by atoms with van der Waals surface area (Å²) in [6.45, 7) is 2.19. The van der Waals surface area contributed by atoms with E-state index in [4.69, 9.17) is 5.26 Å². The van der Waals surface area contributed by atoms with Gasteiger partial charge in [-0.15, -0.1) is 11.8 Å². The fourth-order valence-corrected chi connectivity index (χ4v) is 3.23. The third-order valence-electron chi connectivity index (χ3n) is 2.97. The maximum atomic E-state index is 8.79. The number of fused-ring (bicyclic) bond motifs is 1. The first-order valence-corrected chi connectivity index (χ1v) is 5.97. The molecule has 0 spiro atoms. The van der Waals surface area contributed by atoms with Crippen LogP contribution in [0.1, 0.15) is 13.3 Å². The highest BCUT2D eigenvalue weighted by atomic mass is 32.2. The first-order chi connectivity index (χ1) is 7.24. The summed E-state index contributed by atoms with van der Waals surface area (Å²) in [6.07, 6.45) is 0.616. The molecule has 1 aliphatic heterocycles. The van der Waals surface area contributed by atoms with Crippen molar-refractivity contribution in [2.75, 3.05) is 11.9 Å². The summed E-state index contributed by atoms with van der Waals surface area (Å²) in [5.41, 5.74) is 1.28. The van der Waals surface area contributed by atoms with Gasteiger partial charge in [-0.2, -0.15) is 5.26 Å². The van der Waals surface area contributed by atoms with Gasteiger partial charge in [-0.3, -0.25) is 0 Å². The number of anilines is 1. The van der Waals surface area contributed by atoms with E-state index in [1.165, 1.54) is 10.6 Å². The molecule has 0 amide bonds. The van der Waals surface area contributed by atoms with E-state index in [1.807, 2.05) is 11.8 Å². The normalized spacial score (nSPS) is 24.5. The van der Waals surface area contributed by atoms with E-state index in [2.05, 4.69) is 49.2 Å². The molecular formula is C12H14N2S. The lowest BCUT2D eigenvalue weighted by Gasteiger charge is -2.38. The Labute approximate surface area is 94.9 Å². The minimum Gasteiger partial charge on any atom is -0.370 e. The number of hydrogen-bond acceptors (Lipinski definition) is 3. The summed E-state index contributed by atoms with van der Waals surface area (Å²) >= 11 is 1.83. The number of thioether (sulfide) groups is 1. The summed E-state index contributed by atoms with van der Waals surface area (Å²) < 4.78 is 0. The summed E-state index contributed by atoms with van der Waals surface area (Å²) in [5.74, 6) is 0. The molecule has 1 aromatic rings. The van der Waals surface area contributed by atoms with Crippen LogP contribution < -0.4 is 4.90 Å². The van der Waals surface area contributed by atoms with Crippen LogP contribution in [0.15, 0.2) is 29.2 Å². The summed E-state index contributed by atoms with van der Waals surface area (Å²) in [6, 6.07) is 11.1. The highest BCUT2D eigenvalue weighted by Gasteiger charge is 2.29. The summed E-state index contributed by atoms with van der Waals surface area (Å²) in [7, 11) is 2.10. The number of para-hydroxylation sites is 1. The van der Waals surface area contributed by atoms with Crippen molar-refractivity contribution < 1.29 is 0 Å². The van der Waals surface area contributed by atoms with E-state index in [9.17, 15) is 0 Å². The molecule has 2 nitrogen and oxygen atoms in total. The van der Waals surface area contributed by atoms with Gasteiger partial charge >= 0.3 is 0 Å². The SMILES string of the molecule is CC1C(CC#N)Sc2ccccc2N1C. The topological polar surface area (TPSA) is 27.0 Å². The van der Waals surface area contributed by atoms with Crippen LogP contribution in [0.3, 0.4) is 0 Å². The van der Waals surface area contributed by atoms with Crippen LogP contribution in [0.2, 0.25) is 0 Å². The van der Waals surface area contributed by atoms with Gasteiger partial charge in [-0.05, 0) is 19.1 Å². The first-order valence-electron chi connectivity index (χ1n) is 5.09. The number of benzene rings is 1. The fourth-order valence-electron chi connectivity index (χ4n) is 1.88. The highest BCUT2D eigenvalue weighted by Crippen LogP contribution is 2.41. The van der Waals surface area contributed by atoms with E-state index in [1.54, 1.807) is 0 Å². The molecular weight excluding hydrogens is 204 g/mol. The Morgan fingerprint density at radius 2 is 2.20 bits per heavy atom. The lowest BCUT2D eigenvalue weighted by molar-refractivity contribution is 0.639. The van der Waals surface area contributed by atoms with Gasteiger partial charge in [-0.25, -0.2) is 0 Å². The molecule has 78 valence electrons. The van der Waals surface area contributed by atoms with Gasteiger partial charge in [0.2, 0.25) is 0 Å². The molecule has 0 aliphatic carbocycles. The zero-order valence-corrected chi connectivity index (χ0v) is 9.79. The maximum Gasteiger partial charge on any atom is 0.0634 e. The van der Waals surface area contributed by atoms with E-state index < -0.39 is 0 Å². The predicted octanol–water partition coefficient (Wildman–Crippen LogP) is 2.90. The third-order valence-corrected chi connectivity index (χ3v) is 4.43. The van der Waals surface area contributed by atoms with Crippen molar-refractivity contribution in [1.82, 2.24) is 0 Å². The molecule has 1 aromatic carbocycles. The van der Waals surface area contributed by atoms with Crippen molar-refractivity contribution in [3.05, 3.63) is 24.3 Å². The van der Waals surface area contributed by atoms with Crippen LogP contribution in [0.5, 0.6) is 0 Å². The molecule has 2 atom stereocenters. The second-order valence-corrected chi connectivity index (χ2v) is 5.12. The predicted molar refractivity (Wildman–Crippen MR) is 64.2 cm³/mol. The lowest BCUT2D eigenvalue weighted by atomic mass is 10.1. The van der Waals surface area contributed by atoms with Gasteiger partial charge in [0.15, 0.2) is 0 Å². The minimum atomic E-state index is 0.384. The molecule has 15 heavy (non-hydrogen) atoms. The average molecular weight is 218 g/mol. The minimum absolute atomic E-state index is 0.384. The third kappa shape index (κ3) is 1.82. The number of nitriles is 1. The lowest BCUT2D eigenvalue weighted by Crippen LogP contribution is -2.40. The largest absolute Gasteiger partial charge is 0.370 e. The Morgan fingerprint density at radius 1 is 1.47 bits per heavy atom. The summed E-state index contributed by atoms with van der Waals surface area (Å²) in [4.78, 5) is 3.56. The van der Waals surface area contributed by atoms with Gasteiger partial charge in [-0.1, -0.05) is 12.1 Å². The van der Waals surface area contributed by atoms with Crippen LogP contribution in [-0.2, 0) is 0 Å². The van der Waals surface area contributed by atoms with Crippen LogP contribution in [-0.4, -0.2) is 18.3 Å². The molecule has 0 fully saturated rings. The van der Waals surface area contributed by atoms with Gasteiger partial charge < -0.3 is 4.90 Å². The van der Waals surface area contributed by atoms with Crippen molar-refractivity contribution in [1.29, 1.82) is 5.26 Å². The van der Waals surface area contributed by atoms with Gasteiger partial charge in [0.25, 0.3) is 0 Å². The van der Waals surface area contributed by atoms with Crippen LogP contribution >= 0.6 is 11.8 Å². The Balaban J connectivity index is 2.33. The average Bonchev–Trinajstić information content (AvgIpc) is 2.26. The van der Waals surface area contributed by atoms with Crippen LogP contribution in [0.25, 0.3) is 0 Å². The van der Waals surface area contributed by atoms with Crippen LogP contribution in [0, 0.1) is 11.3 Å². The zero-order chi connectivity index (χ0) is 10.8. The first kappa shape index (κ1) is 10.4. The Bertz CT molecular complexity index is 397. The molecule has 2 rings (SSSR count). The van der Waals surface area contributed by atoms with E-state index >= 15 is 0 Å². The molecule has 0 saturated carbocycles. The Morgan fingerprint density at radius 3 is 2.93 bits per heavy atom. The van der Waals surface area contributed by atoms with Crippen molar-refractivity contribution in [2.45, 2.75) is 29.5 Å². The molecule has 0 saturated heterocycles. The van der Waals surface area contributed by atoms with Crippen molar-refractivity contribution in [3.63, 3.8) is 0 Å². The van der Waals surface area contributed by atoms with E-state index in [0.29, 0.717) is 17.7 Å². The number of rotatable bonds is 1. The molecule has 0 radical (unpaired) electrons. The molecule has 2 unspecified atom stereocenters. The standard InChI is InChI=1S/C12H14N2S/c1-9-11(7-8-13)15-12-6-4-3-5-10(12)14(9)2/h3-6,9,11H,7H2,1-2H3. The van der Waals surface area contributed by atoms with Gasteiger partial charge in [0.05, 0.1) is 11.8 Å². The van der Waals surface area contributed by atoms with Gasteiger partial charge in [0.1, 0.15) is 0 Å². The fraction of sp³-hybridized carbons (Fsp3) is 0.417. The summed E-state index contributed by atoms with van der Waals surface area (Å²) in [5, 5.41) is 9.17. The smallest absolute Gasteiger partial charge is 0.0634 e. The second kappa shape index (κ2) is 4.16. The van der Waals surface area contributed by atoms with Crippen molar-refractivity contribution in [2.24, 2.45) is 0 Å². The van der Waals surface area contributed by atoms with Gasteiger partial charge in [0, 0.05) is 29.7 Å². The molecule has 1 heterocycles. The van der Waals surface area contributed by atoms with Crippen LogP contribution in [0.4, 0.5) is 5.69 Å². The van der Waals surface area contributed by atoms with E-state index in [0.717, 1.165) is 0 Å². The molecule has 0 bridgehead atoms. The molecule has 0 aromatic heterocycles. The Kier molecular flexibility index (Phi) is 2.88. The van der Waals surface area contributed by atoms with Crippen molar-refractivity contribution >= 4 is 17.4 Å². The molecule has 3 heteroatoms. The van der Waals surface area contributed by atoms with Crippen molar-refractivity contribution in [3.8, 4) is 6.07 Å². The molecule has 0 N–H and O–H groups in total. The number of hydrogen-bond donors (Lipinski definition) is 0. The number of nitrogens with zero attached hydrogens (tertiary/aromatic N) is 2. The maximum absolute atomic E-state index is 8.79. The van der Waals surface area contributed by atoms with E-state index in [-0.39, 0.29) is 0 Å². The quantitative estimate of drug-likeness (QED) is 0.725. The second-order valence-electron chi connectivity index (χ2n) is 3.84. The monoisotopic (exact) mass is 218 g/mol. The highest BCUT2D eigenvalue weighted by molar-refractivity contribution is 8.00. The zero-order valence-electron chi connectivity index (χ0n) is 8.97. The molecule has 1 aliphatic rings. The Hall–Kier alpha value is -1.14.